The minimum Gasteiger partial charge on any atom is -0.310 e. The lowest BCUT2D eigenvalue weighted by molar-refractivity contribution is 0.753. The SMILES string of the molecule is Clc1ccc2c(c1)N(c1ccc3ccccc3c1)c1ccccc1C21c2ccccc2-c2ccccc21. The van der Waals surface area contributed by atoms with Crippen LogP contribution in [0, 0.1) is 0 Å². The third-order valence-electron chi connectivity index (χ3n) is 8.10. The van der Waals surface area contributed by atoms with Crippen LogP contribution in [0.2, 0.25) is 5.02 Å². The molecule has 1 aliphatic carbocycles. The van der Waals surface area contributed by atoms with Crippen LogP contribution in [0.4, 0.5) is 17.1 Å². The quantitative estimate of drug-likeness (QED) is 0.221. The fourth-order valence-corrected chi connectivity index (χ4v) is 6.84. The van der Waals surface area contributed by atoms with E-state index in [1.54, 1.807) is 0 Å². The van der Waals surface area contributed by atoms with Crippen molar-refractivity contribution in [2.45, 2.75) is 5.41 Å². The van der Waals surface area contributed by atoms with E-state index in [9.17, 15) is 0 Å². The summed E-state index contributed by atoms with van der Waals surface area (Å²) in [5.41, 5.74) is 10.8. The molecule has 1 aliphatic heterocycles. The first-order valence-corrected chi connectivity index (χ1v) is 13.0. The van der Waals surface area contributed by atoms with E-state index in [-0.39, 0.29) is 0 Å². The Kier molecular flexibility index (Phi) is 4.27. The number of benzene rings is 6. The highest BCUT2D eigenvalue weighted by Crippen LogP contribution is 2.63. The van der Waals surface area contributed by atoms with Crippen molar-refractivity contribution in [2.24, 2.45) is 0 Å². The molecule has 0 atom stereocenters. The van der Waals surface area contributed by atoms with Crippen molar-refractivity contribution < 1.29 is 0 Å². The zero-order valence-corrected chi connectivity index (χ0v) is 20.8. The first-order chi connectivity index (χ1) is 18.3. The number of fused-ring (bicyclic) bond motifs is 10. The van der Waals surface area contributed by atoms with Crippen LogP contribution in [-0.4, -0.2) is 0 Å². The molecule has 6 aromatic carbocycles. The van der Waals surface area contributed by atoms with Crippen LogP contribution in [0.3, 0.4) is 0 Å². The molecule has 0 saturated heterocycles. The van der Waals surface area contributed by atoms with Gasteiger partial charge in [-0.3, -0.25) is 0 Å². The second kappa shape index (κ2) is 7.59. The number of anilines is 3. The van der Waals surface area contributed by atoms with Gasteiger partial charge < -0.3 is 4.90 Å². The maximum Gasteiger partial charge on any atom is 0.0754 e. The number of rotatable bonds is 1. The molecule has 0 saturated carbocycles. The Hall–Kier alpha value is -4.33. The monoisotopic (exact) mass is 491 g/mol. The summed E-state index contributed by atoms with van der Waals surface area (Å²) in [4.78, 5) is 2.39. The molecule has 1 spiro atoms. The van der Waals surface area contributed by atoms with E-state index in [1.165, 1.54) is 49.8 Å². The average molecular weight is 492 g/mol. The van der Waals surface area contributed by atoms with E-state index >= 15 is 0 Å². The van der Waals surface area contributed by atoms with Crippen LogP contribution in [0.1, 0.15) is 22.3 Å². The van der Waals surface area contributed by atoms with Crippen molar-refractivity contribution in [2.75, 3.05) is 4.90 Å². The lowest BCUT2D eigenvalue weighted by Gasteiger charge is -2.45. The van der Waals surface area contributed by atoms with Crippen molar-refractivity contribution in [3.63, 3.8) is 0 Å². The smallest absolute Gasteiger partial charge is 0.0754 e. The summed E-state index contributed by atoms with van der Waals surface area (Å²) < 4.78 is 0. The van der Waals surface area contributed by atoms with Gasteiger partial charge in [-0.25, -0.2) is 0 Å². The predicted molar refractivity (Wildman–Crippen MR) is 155 cm³/mol. The summed E-state index contributed by atoms with van der Waals surface area (Å²) in [5.74, 6) is 0. The van der Waals surface area contributed by atoms with E-state index in [0.29, 0.717) is 0 Å². The van der Waals surface area contributed by atoms with Crippen molar-refractivity contribution in [3.05, 3.63) is 161 Å². The summed E-state index contributed by atoms with van der Waals surface area (Å²) >= 11 is 6.72. The largest absolute Gasteiger partial charge is 0.310 e. The van der Waals surface area contributed by atoms with Gasteiger partial charge in [-0.05, 0) is 74.5 Å². The number of hydrogen-bond donors (Lipinski definition) is 0. The van der Waals surface area contributed by atoms with Crippen LogP contribution in [0.25, 0.3) is 21.9 Å². The van der Waals surface area contributed by atoms with Crippen molar-refractivity contribution >= 4 is 39.4 Å². The van der Waals surface area contributed by atoms with Gasteiger partial charge in [-0.15, -0.1) is 0 Å². The molecule has 37 heavy (non-hydrogen) atoms. The van der Waals surface area contributed by atoms with Crippen LogP contribution < -0.4 is 4.90 Å². The first-order valence-electron chi connectivity index (χ1n) is 12.6. The summed E-state index contributed by atoms with van der Waals surface area (Å²) in [6, 6.07) is 48.3. The highest BCUT2D eigenvalue weighted by Gasteiger charge is 2.51. The summed E-state index contributed by atoms with van der Waals surface area (Å²) in [6.07, 6.45) is 0. The van der Waals surface area contributed by atoms with Crippen molar-refractivity contribution in [1.29, 1.82) is 0 Å². The maximum atomic E-state index is 6.72. The zero-order valence-electron chi connectivity index (χ0n) is 20.0. The van der Waals surface area contributed by atoms with Gasteiger partial charge in [0.25, 0.3) is 0 Å². The second-order valence-electron chi connectivity index (χ2n) is 9.89. The number of nitrogens with zero attached hydrogens (tertiary/aromatic N) is 1. The fraction of sp³-hybridized carbons (Fsp3) is 0.0286. The zero-order chi connectivity index (χ0) is 24.6. The molecule has 6 aromatic rings. The predicted octanol–water partition coefficient (Wildman–Crippen LogP) is 9.64. The van der Waals surface area contributed by atoms with Crippen molar-refractivity contribution in [3.8, 4) is 11.1 Å². The van der Waals surface area contributed by atoms with Gasteiger partial charge in [0, 0.05) is 10.7 Å². The highest BCUT2D eigenvalue weighted by molar-refractivity contribution is 6.31. The molecule has 0 radical (unpaired) electrons. The van der Waals surface area contributed by atoms with E-state index < -0.39 is 5.41 Å². The van der Waals surface area contributed by atoms with Crippen molar-refractivity contribution in [1.82, 2.24) is 0 Å². The van der Waals surface area contributed by atoms with E-state index in [4.69, 9.17) is 11.6 Å². The maximum absolute atomic E-state index is 6.72. The molecule has 0 amide bonds. The van der Waals surface area contributed by atoms with Gasteiger partial charge in [0.15, 0.2) is 0 Å². The van der Waals surface area contributed by atoms with Gasteiger partial charge >= 0.3 is 0 Å². The molecular weight excluding hydrogens is 470 g/mol. The molecule has 8 rings (SSSR count). The summed E-state index contributed by atoms with van der Waals surface area (Å²) in [7, 11) is 0. The average Bonchev–Trinajstić information content (AvgIpc) is 3.24. The van der Waals surface area contributed by atoms with E-state index in [0.717, 1.165) is 16.4 Å². The van der Waals surface area contributed by atoms with Gasteiger partial charge in [-0.2, -0.15) is 0 Å². The molecule has 1 nitrogen and oxygen atoms in total. The van der Waals surface area contributed by atoms with Crippen LogP contribution in [0.5, 0.6) is 0 Å². The summed E-state index contributed by atoms with van der Waals surface area (Å²) in [6.45, 7) is 0. The molecule has 2 heteroatoms. The summed E-state index contributed by atoms with van der Waals surface area (Å²) in [5, 5.41) is 3.19. The normalized spacial score (nSPS) is 14.2. The van der Waals surface area contributed by atoms with Gasteiger partial charge in [0.1, 0.15) is 0 Å². The number of para-hydroxylation sites is 1. The minimum atomic E-state index is -0.420. The molecular formula is C35H22ClN. The lowest BCUT2D eigenvalue weighted by Crippen LogP contribution is -2.36. The molecule has 0 unspecified atom stereocenters. The number of halogens is 1. The third-order valence-corrected chi connectivity index (χ3v) is 8.33. The molecule has 0 bridgehead atoms. The fourth-order valence-electron chi connectivity index (χ4n) is 6.68. The number of hydrogen-bond acceptors (Lipinski definition) is 1. The molecule has 0 N–H and O–H groups in total. The highest BCUT2D eigenvalue weighted by atomic mass is 35.5. The standard InChI is InChI=1S/C35H22ClN/c36-25-18-20-32-34(22-25)37(26-19-17-23-9-1-2-10-24(23)21-26)33-16-8-7-15-31(33)35(32)29-13-5-3-11-27(29)28-12-4-6-14-30(28)35/h1-22H. The van der Waals surface area contributed by atoms with E-state index in [1.807, 2.05) is 6.07 Å². The Balaban J connectivity index is 1.52. The van der Waals surface area contributed by atoms with Gasteiger partial charge in [-0.1, -0.05) is 115 Å². The Morgan fingerprint density at radius 1 is 0.459 bits per heavy atom. The molecule has 1 heterocycles. The lowest BCUT2D eigenvalue weighted by atomic mass is 9.64. The Morgan fingerprint density at radius 2 is 1.05 bits per heavy atom. The third kappa shape index (κ3) is 2.70. The van der Waals surface area contributed by atoms with Crippen LogP contribution in [-0.2, 0) is 5.41 Å². The Morgan fingerprint density at radius 3 is 1.81 bits per heavy atom. The van der Waals surface area contributed by atoms with Gasteiger partial charge in [0.2, 0.25) is 0 Å². The Bertz CT molecular complexity index is 1820. The molecule has 2 aliphatic rings. The van der Waals surface area contributed by atoms with Crippen LogP contribution in [0.15, 0.2) is 133 Å². The van der Waals surface area contributed by atoms with Gasteiger partial charge in [0.05, 0.1) is 16.8 Å². The molecule has 0 aromatic heterocycles. The minimum absolute atomic E-state index is 0.420. The van der Waals surface area contributed by atoms with E-state index in [2.05, 4.69) is 132 Å². The Labute approximate surface area is 221 Å². The first kappa shape index (κ1) is 20.8. The van der Waals surface area contributed by atoms with Crippen LogP contribution >= 0.6 is 11.6 Å². The topological polar surface area (TPSA) is 3.24 Å². The molecule has 0 fully saturated rings. The second-order valence-corrected chi connectivity index (χ2v) is 10.3. The molecule has 174 valence electrons.